The van der Waals surface area contributed by atoms with Gasteiger partial charge < -0.3 is 4.74 Å². The fourth-order valence-corrected chi connectivity index (χ4v) is 3.19. The number of nitrogens with zero attached hydrogens (tertiary/aromatic N) is 1. The first kappa shape index (κ1) is 12.4. The molecule has 4 rings (SSSR count). The van der Waals surface area contributed by atoms with E-state index in [4.69, 9.17) is 4.74 Å². The molecular weight excluding hydrogens is 258 g/mol. The normalized spacial score (nSPS) is 18.8. The lowest BCUT2D eigenvalue weighted by atomic mass is 9.89. The van der Waals surface area contributed by atoms with Gasteiger partial charge in [-0.15, -0.1) is 0 Å². The molecule has 0 saturated carbocycles. The molecule has 1 atom stereocenters. The Kier molecular flexibility index (Phi) is 2.88. The molecule has 0 amide bonds. The third-order valence-corrected chi connectivity index (χ3v) is 4.27. The summed E-state index contributed by atoms with van der Waals surface area (Å²) in [7, 11) is 0. The number of rotatable bonds is 1. The van der Waals surface area contributed by atoms with Gasteiger partial charge in [0, 0.05) is 18.1 Å². The van der Waals surface area contributed by atoms with Crippen molar-refractivity contribution in [2.45, 2.75) is 26.0 Å². The molecule has 0 spiro atoms. The topological polar surface area (TPSA) is 13.1 Å². The van der Waals surface area contributed by atoms with Gasteiger partial charge in [0.2, 0.25) is 5.69 Å². The quantitative estimate of drug-likeness (QED) is 0.720. The van der Waals surface area contributed by atoms with Crippen LogP contribution in [0.1, 0.15) is 23.5 Å². The molecular formula is C19H18NO+. The molecule has 1 aromatic heterocycles. The van der Waals surface area contributed by atoms with Gasteiger partial charge in [-0.2, -0.15) is 4.57 Å². The van der Waals surface area contributed by atoms with Crippen molar-refractivity contribution in [1.82, 2.24) is 0 Å². The van der Waals surface area contributed by atoms with Crippen molar-refractivity contribution in [2.24, 2.45) is 0 Å². The third kappa shape index (κ3) is 2.07. The van der Waals surface area contributed by atoms with Crippen LogP contribution < -0.4 is 9.30 Å². The van der Waals surface area contributed by atoms with Crippen molar-refractivity contribution in [2.75, 3.05) is 0 Å². The van der Waals surface area contributed by atoms with Gasteiger partial charge >= 0.3 is 0 Å². The zero-order valence-electron chi connectivity index (χ0n) is 12.1. The van der Waals surface area contributed by atoms with Gasteiger partial charge in [0.25, 0.3) is 6.73 Å². The van der Waals surface area contributed by atoms with E-state index in [0.717, 1.165) is 12.2 Å². The first-order chi connectivity index (χ1) is 10.3. The van der Waals surface area contributed by atoms with Gasteiger partial charge in [0.15, 0.2) is 6.20 Å². The molecule has 1 unspecified atom stereocenters. The van der Waals surface area contributed by atoms with Crippen LogP contribution in [0.15, 0.2) is 60.8 Å². The highest BCUT2D eigenvalue weighted by molar-refractivity contribution is 5.69. The number of pyridine rings is 1. The second kappa shape index (κ2) is 4.88. The number of aryl methyl sites for hydroxylation is 1. The van der Waals surface area contributed by atoms with E-state index >= 15 is 0 Å². The second-order valence-electron chi connectivity index (χ2n) is 5.70. The van der Waals surface area contributed by atoms with Crippen molar-refractivity contribution in [3.05, 3.63) is 72.0 Å². The molecule has 2 nitrogen and oxygen atoms in total. The summed E-state index contributed by atoms with van der Waals surface area (Å²) in [5.74, 6) is 1.50. The summed E-state index contributed by atoms with van der Waals surface area (Å²) in [6.45, 7) is 2.73. The molecule has 2 heterocycles. The lowest BCUT2D eigenvalue weighted by Crippen LogP contribution is -2.41. The van der Waals surface area contributed by atoms with Gasteiger partial charge in [0.05, 0.1) is 5.56 Å². The van der Waals surface area contributed by atoms with Gasteiger partial charge in [0.1, 0.15) is 5.75 Å². The molecule has 1 aliphatic carbocycles. The molecule has 104 valence electrons. The first-order valence-corrected chi connectivity index (χ1v) is 7.42. The van der Waals surface area contributed by atoms with Crippen molar-refractivity contribution in [3.63, 3.8) is 0 Å². The van der Waals surface area contributed by atoms with E-state index in [9.17, 15) is 0 Å². The van der Waals surface area contributed by atoms with Gasteiger partial charge in [-0.1, -0.05) is 30.4 Å². The Bertz CT molecular complexity index is 758. The van der Waals surface area contributed by atoms with Crippen molar-refractivity contribution >= 4 is 0 Å². The van der Waals surface area contributed by atoms with Crippen molar-refractivity contribution < 1.29 is 9.30 Å². The van der Waals surface area contributed by atoms with E-state index in [0.29, 0.717) is 12.6 Å². The van der Waals surface area contributed by atoms with E-state index in [2.05, 4.69) is 66.3 Å². The average Bonchev–Trinajstić information content (AvgIpc) is 2.55. The number of hydrogen-bond acceptors (Lipinski definition) is 1. The van der Waals surface area contributed by atoms with Crippen LogP contribution in [0.4, 0.5) is 0 Å². The molecule has 0 N–H and O–H groups in total. The van der Waals surface area contributed by atoms with Crippen molar-refractivity contribution in [3.8, 4) is 17.0 Å². The maximum Gasteiger partial charge on any atom is 0.292 e. The third-order valence-electron chi connectivity index (χ3n) is 4.27. The average molecular weight is 276 g/mol. The number of ether oxygens (including phenoxy) is 1. The molecule has 2 aromatic rings. The molecule has 0 fully saturated rings. The van der Waals surface area contributed by atoms with E-state index in [1.54, 1.807) is 0 Å². The number of hydrogen-bond donors (Lipinski definition) is 0. The molecule has 1 aliphatic heterocycles. The lowest BCUT2D eigenvalue weighted by molar-refractivity contribution is -0.717. The molecule has 0 bridgehead atoms. The van der Waals surface area contributed by atoms with Gasteiger partial charge in [-0.05, 0) is 36.6 Å². The zero-order chi connectivity index (χ0) is 14.2. The molecule has 21 heavy (non-hydrogen) atoms. The summed E-state index contributed by atoms with van der Waals surface area (Å²) in [6, 6.07) is 10.9. The smallest absolute Gasteiger partial charge is 0.292 e. The number of aromatic nitrogens is 1. The van der Waals surface area contributed by atoms with Crippen LogP contribution in [-0.2, 0) is 6.73 Å². The molecule has 0 saturated heterocycles. The van der Waals surface area contributed by atoms with Crippen LogP contribution in [0.2, 0.25) is 0 Å². The highest BCUT2D eigenvalue weighted by Gasteiger charge is 2.26. The summed E-state index contributed by atoms with van der Waals surface area (Å²) < 4.78 is 8.11. The van der Waals surface area contributed by atoms with E-state index in [-0.39, 0.29) is 0 Å². The predicted octanol–water partition coefficient (Wildman–Crippen LogP) is 3.90. The Morgan fingerprint density at radius 2 is 2.14 bits per heavy atom. The Balaban J connectivity index is 1.86. The van der Waals surface area contributed by atoms with Crippen LogP contribution in [-0.4, -0.2) is 0 Å². The minimum absolute atomic E-state index is 0.470. The maximum absolute atomic E-state index is 5.95. The van der Waals surface area contributed by atoms with Crippen LogP contribution in [0.25, 0.3) is 11.3 Å². The maximum atomic E-state index is 5.95. The fraction of sp³-hybridized carbons (Fsp3) is 0.211. The van der Waals surface area contributed by atoms with E-state index < -0.39 is 0 Å². The van der Waals surface area contributed by atoms with E-state index in [1.807, 2.05) is 6.07 Å². The Morgan fingerprint density at radius 3 is 3.00 bits per heavy atom. The van der Waals surface area contributed by atoms with Crippen LogP contribution >= 0.6 is 0 Å². The van der Waals surface area contributed by atoms with Gasteiger partial charge in [-0.3, -0.25) is 0 Å². The highest BCUT2D eigenvalue weighted by atomic mass is 16.5. The minimum Gasteiger partial charge on any atom is -0.435 e. The predicted molar refractivity (Wildman–Crippen MR) is 83.1 cm³/mol. The first-order valence-electron chi connectivity index (χ1n) is 7.42. The molecule has 2 aliphatic rings. The van der Waals surface area contributed by atoms with E-state index in [1.165, 1.54) is 22.4 Å². The minimum atomic E-state index is 0.470. The summed E-state index contributed by atoms with van der Waals surface area (Å²) in [4.78, 5) is 0. The van der Waals surface area contributed by atoms with Crippen LogP contribution in [0, 0.1) is 6.92 Å². The summed E-state index contributed by atoms with van der Waals surface area (Å²) in [5.41, 5.74) is 5.03. The molecule has 1 aromatic carbocycles. The summed E-state index contributed by atoms with van der Waals surface area (Å²) in [5, 5.41) is 0. The monoisotopic (exact) mass is 276 g/mol. The Labute approximate surface area is 125 Å². The number of benzene rings is 1. The van der Waals surface area contributed by atoms with Crippen LogP contribution in [0.5, 0.6) is 5.75 Å². The molecule has 2 heteroatoms. The van der Waals surface area contributed by atoms with Crippen LogP contribution in [0.3, 0.4) is 0 Å². The molecule has 0 radical (unpaired) electrons. The Hall–Kier alpha value is -2.35. The lowest BCUT2D eigenvalue weighted by Gasteiger charge is -2.21. The highest BCUT2D eigenvalue weighted by Crippen LogP contribution is 2.38. The Morgan fingerprint density at radius 1 is 1.19 bits per heavy atom. The largest absolute Gasteiger partial charge is 0.435 e. The van der Waals surface area contributed by atoms with Gasteiger partial charge in [-0.25, -0.2) is 0 Å². The number of fused-ring (bicyclic) bond motifs is 3. The second-order valence-corrected chi connectivity index (χ2v) is 5.70. The van der Waals surface area contributed by atoms with Crippen molar-refractivity contribution in [1.29, 1.82) is 0 Å². The number of allylic oxidation sites excluding steroid dienone is 4. The zero-order valence-corrected chi connectivity index (χ0v) is 12.1. The SMILES string of the molecule is Cc1cc(C2C=CC=CC2)cc2c1OC[n+]1ccccc1-2. The fourth-order valence-electron chi connectivity index (χ4n) is 3.19. The summed E-state index contributed by atoms with van der Waals surface area (Å²) in [6.07, 6.45) is 11.9. The standard InChI is InChI=1S/C19H18NO/c1-14-11-16(15-7-3-2-4-8-15)12-17-18-9-5-6-10-20(18)13-21-19(14)17/h2-7,9-12,15H,8,13H2,1H3/q+1. The summed E-state index contributed by atoms with van der Waals surface area (Å²) >= 11 is 0.